The molecule has 0 atom stereocenters. The van der Waals surface area contributed by atoms with Crippen molar-refractivity contribution in [2.75, 3.05) is 18.7 Å². The number of hydrogen-bond donors (Lipinski definition) is 0. The molecule has 1 aromatic heterocycles. The number of benzene rings is 2. The monoisotopic (exact) mass is 390 g/mol. The van der Waals surface area contributed by atoms with Gasteiger partial charge in [0, 0.05) is 23.5 Å². The maximum atomic E-state index is 13.0. The van der Waals surface area contributed by atoms with Gasteiger partial charge < -0.3 is 4.74 Å². The van der Waals surface area contributed by atoms with Crippen LogP contribution in [0.5, 0.6) is 5.75 Å². The van der Waals surface area contributed by atoms with Gasteiger partial charge in [-0.15, -0.1) is 0 Å². The predicted molar refractivity (Wildman–Crippen MR) is 115 cm³/mol. The molecule has 0 saturated heterocycles. The first-order valence-corrected chi connectivity index (χ1v) is 9.74. The molecule has 0 N–H and O–H groups in total. The fraction of sp³-hybridized carbons (Fsp3) is 0.304. The van der Waals surface area contributed by atoms with Gasteiger partial charge in [-0.2, -0.15) is 0 Å². The number of hydrogen-bond acceptors (Lipinski definition) is 5. The van der Waals surface area contributed by atoms with Crippen LogP contribution in [0.3, 0.4) is 0 Å². The minimum atomic E-state index is 0.0176. The lowest BCUT2D eigenvalue weighted by atomic mass is 10.2. The Labute approximate surface area is 171 Å². The summed E-state index contributed by atoms with van der Waals surface area (Å²) in [4.78, 5) is 22.1. The van der Waals surface area contributed by atoms with E-state index in [1.807, 2.05) is 26.0 Å². The molecular formula is C23H26N4O2. The fourth-order valence-corrected chi connectivity index (χ4v) is 3.59. The molecule has 0 fully saturated rings. The third kappa shape index (κ3) is 3.76. The summed E-state index contributed by atoms with van der Waals surface area (Å²) in [6, 6.07) is 16.4. The van der Waals surface area contributed by atoms with Crippen molar-refractivity contribution >= 4 is 11.6 Å². The number of anilines is 2. The first kappa shape index (κ1) is 19.2. The SMILES string of the molecule is COc1ccc(CN2CN(c3ccc(C)cc3)c3nc(C)c(C)c(=O)n3C2)cc1. The van der Waals surface area contributed by atoms with E-state index in [2.05, 4.69) is 53.1 Å². The Bertz CT molecular complexity index is 1070. The van der Waals surface area contributed by atoms with Crippen molar-refractivity contribution in [3.05, 3.63) is 81.3 Å². The quantitative estimate of drug-likeness (QED) is 0.679. The molecule has 1 aliphatic heterocycles. The van der Waals surface area contributed by atoms with Crippen LogP contribution >= 0.6 is 0 Å². The van der Waals surface area contributed by atoms with Crippen LogP contribution in [-0.2, 0) is 13.2 Å². The Morgan fingerprint density at radius 3 is 2.31 bits per heavy atom. The standard InChI is InChI=1S/C23H26N4O2/c1-16-5-9-20(10-6-16)26-14-25(13-19-7-11-21(29-4)12-8-19)15-27-22(28)17(2)18(3)24-23(26)27/h5-12H,13-15H2,1-4H3. The highest BCUT2D eigenvalue weighted by Crippen LogP contribution is 2.28. The zero-order valence-electron chi connectivity index (χ0n) is 17.3. The van der Waals surface area contributed by atoms with E-state index >= 15 is 0 Å². The summed E-state index contributed by atoms with van der Waals surface area (Å²) in [7, 11) is 1.67. The van der Waals surface area contributed by atoms with Crippen molar-refractivity contribution in [1.82, 2.24) is 14.5 Å². The normalized spacial score (nSPS) is 14.0. The highest BCUT2D eigenvalue weighted by atomic mass is 16.5. The summed E-state index contributed by atoms with van der Waals surface area (Å²) in [5.74, 6) is 1.54. The number of aromatic nitrogens is 2. The van der Waals surface area contributed by atoms with E-state index in [-0.39, 0.29) is 5.56 Å². The molecule has 3 aromatic rings. The van der Waals surface area contributed by atoms with Crippen LogP contribution < -0.4 is 15.2 Å². The number of aryl methyl sites for hydroxylation is 2. The lowest BCUT2D eigenvalue weighted by Crippen LogP contribution is -2.47. The van der Waals surface area contributed by atoms with E-state index in [1.54, 1.807) is 11.7 Å². The fourth-order valence-electron chi connectivity index (χ4n) is 3.59. The molecule has 29 heavy (non-hydrogen) atoms. The van der Waals surface area contributed by atoms with Crippen LogP contribution in [0.1, 0.15) is 22.4 Å². The van der Waals surface area contributed by atoms with Gasteiger partial charge >= 0.3 is 0 Å². The predicted octanol–water partition coefficient (Wildman–Crippen LogP) is 3.75. The Kier molecular flexibility index (Phi) is 5.11. The molecule has 0 aliphatic carbocycles. The molecule has 150 valence electrons. The summed E-state index contributed by atoms with van der Waals surface area (Å²) in [5, 5.41) is 0. The molecule has 0 unspecified atom stereocenters. The van der Waals surface area contributed by atoms with Crippen molar-refractivity contribution in [2.45, 2.75) is 34.0 Å². The average Bonchev–Trinajstić information content (AvgIpc) is 2.73. The van der Waals surface area contributed by atoms with Crippen LogP contribution in [-0.4, -0.2) is 28.2 Å². The van der Waals surface area contributed by atoms with Gasteiger partial charge in [0.15, 0.2) is 0 Å². The molecule has 4 rings (SSSR count). The maximum absolute atomic E-state index is 13.0. The summed E-state index contributed by atoms with van der Waals surface area (Å²) >= 11 is 0. The van der Waals surface area contributed by atoms with Gasteiger partial charge in [-0.3, -0.25) is 19.2 Å². The van der Waals surface area contributed by atoms with Gasteiger partial charge in [-0.05, 0) is 50.6 Å². The molecule has 1 aliphatic rings. The van der Waals surface area contributed by atoms with Crippen molar-refractivity contribution in [3.8, 4) is 5.75 Å². The largest absolute Gasteiger partial charge is 0.497 e. The summed E-state index contributed by atoms with van der Waals surface area (Å²) in [6.45, 7) is 7.71. The Balaban J connectivity index is 1.72. The maximum Gasteiger partial charge on any atom is 0.259 e. The van der Waals surface area contributed by atoms with Gasteiger partial charge in [-0.25, -0.2) is 4.98 Å². The minimum Gasteiger partial charge on any atom is -0.497 e. The molecule has 0 amide bonds. The molecule has 0 radical (unpaired) electrons. The molecule has 2 heterocycles. The Morgan fingerprint density at radius 1 is 0.966 bits per heavy atom. The van der Waals surface area contributed by atoms with Gasteiger partial charge in [-0.1, -0.05) is 29.8 Å². The molecule has 6 nitrogen and oxygen atoms in total. The number of nitrogens with zero attached hydrogens (tertiary/aromatic N) is 4. The molecular weight excluding hydrogens is 364 g/mol. The van der Waals surface area contributed by atoms with Crippen molar-refractivity contribution in [1.29, 1.82) is 0 Å². The van der Waals surface area contributed by atoms with Gasteiger partial charge in [0.05, 0.1) is 20.4 Å². The average molecular weight is 390 g/mol. The van der Waals surface area contributed by atoms with Crippen molar-refractivity contribution in [3.63, 3.8) is 0 Å². The summed E-state index contributed by atoms with van der Waals surface area (Å²) < 4.78 is 7.03. The third-order valence-electron chi connectivity index (χ3n) is 5.45. The van der Waals surface area contributed by atoms with Crippen molar-refractivity contribution < 1.29 is 4.74 Å². The van der Waals surface area contributed by atoms with Crippen LogP contribution in [0.15, 0.2) is 53.3 Å². The zero-order valence-corrected chi connectivity index (χ0v) is 17.3. The van der Waals surface area contributed by atoms with E-state index in [9.17, 15) is 4.79 Å². The number of ether oxygens (including phenoxy) is 1. The van der Waals surface area contributed by atoms with Gasteiger partial charge in [0.25, 0.3) is 5.56 Å². The summed E-state index contributed by atoms with van der Waals surface area (Å²) in [5.41, 5.74) is 4.89. The first-order valence-electron chi connectivity index (χ1n) is 9.74. The van der Waals surface area contributed by atoms with E-state index in [0.717, 1.165) is 23.7 Å². The third-order valence-corrected chi connectivity index (χ3v) is 5.45. The van der Waals surface area contributed by atoms with Crippen LogP contribution in [0.25, 0.3) is 0 Å². The van der Waals surface area contributed by atoms with Gasteiger partial charge in [0.2, 0.25) is 5.95 Å². The van der Waals surface area contributed by atoms with Crippen LogP contribution in [0.4, 0.5) is 11.6 Å². The number of rotatable bonds is 4. The summed E-state index contributed by atoms with van der Waals surface area (Å²) in [6.07, 6.45) is 0. The molecule has 6 heteroatoms. The Hall–Kier alpha value is -3.12. The molecule has 0 bridgehead atoms. The smallest absolute Gasteiger partial charge is 0.259 e. The second kappa shape index (κ2) is 7.72. The van der Waals surface area contributed by atoms with E-state index in [0.29, 0.717) is 24.8 Å². The minimum absolute atomic E-state index is 0.0176. The van der Waals surface area contributed by atoms with Gasteiger partial charge in [0.1, 0.15) is 5.75 Å². The highest BCUT2D eigenvalue weighted by molar-refractivity contribution is 5.58. The lowest BCUT2D eigenvalue weighted by Gasteiger charge is -2.38. The number of methoxy groups -OCH3 is 1. The topological polar surface area (TPSA) is 50.6 Å². The van der Waals surface area contributed by atoms with Crippen molar-refractivity contribution in [2.24, 2.45) is 0 Å². The highest BCUT2D eigenvalue weighted by Gasteiger charge is 2.27. The Morgan fingerprint density at radius 2 is 1.66 bits per heavy atom. The zero-order chi connectivity index (χ0) is 20.5. The van der Waals surface area contributed by atoms with Crippen LogP contribution in [0, 0.1) is 20.8 Å². The number of fused-ring (bicyclic) bond motifs is 1. The van der Waals surface area contributed by atoms with E-state index in [4.69, 9.17) is 9.72 Å². The lowest BCUT2D eigenvalue weighted by molar-refractivity contribution is 0.190. The van der Waals surface area contributed by atoms with Crippen LogP contribution in [0.2, 0.25) is 0 Å². The molecule has 0 saturated carbocycles. The first-order chi connectivity index (χ1) is 14.0. The molecule has 2 aromatic carbocycles. The molecule has 0 spiro atoms. The second-order valence-corrected chi connectivity index (χ2v) is 7.58. The van der Waals surface area contributed by atoms with E-state index in [1.165, 1.54) is 11.1 Å². The second-order valence-electron chi connectivity index (χ2n) is 7.58. The van der Waals surface area contributed by atoms with E-state index < -0.39 is 0 Å².